The van der Waals surface area contributed by atoms with Gasteiger partial charge in [-0.15, -0.1) is 6.42 Å². The lowest BCUT2D eigenvalue weighted by atomic mass is 9.98. The summed E-state index contributed by atoms with van der Waals surface area (Å²) in [6.07, 6.45) is 6.38. The maximum atomic E-state index is 12.9. The Bertz CT molecular complexity index is 1370. The minimum Gasteiger partial charge on any atom is -0.305 e. The Morgan fingerprint density at radius 3 is 2.56 bits per heavy atom. The van der Waals surface area contributed by atoms with Gasteiger partial charge in [0, 0.05) is 24.0 Å². The van der Waals surface area contributed by atoms with Crippen LogP contribution in [0.25, 0.3) is 10.2 Å². The molecule has 0 bridgehead atoms. The molecule has 1 amide bonds. The highest BCUT2D eigenvalue weighted by molar-refractivity contribution is 7.89. The van der Waals surface area contributed by atoms with Gasteiger partial charge in [-0.2, -0.15) is 9.30 Å². The maximum Gasteiger partial charge on any atom is 0.251 e. The normalized spacial score (nSPS) is 16.3. The summed E-state index contributed by atoms with van der Waals surface area (Å²) >= 11 is 7.30. The summed E-state index contributed by atoms with van der Waals surface area (Å²) in [7, 11) is -3.61. The zero-order valence-corrected chi connectivity index (χ0v) is 19.9. The van der Waals surface area contributed by atoms with E-state index in [4.69, 9.17) is 18.0 Å². The molecular weight excluding hydrogens is 466 g/mol. The summed E-state index contributed by atoms with van der Waals surface area (Å²) in [6.45, 7) is 2.88. The van der Waals surface area contributed by atoms with Crippen LogP contribution in [0.1, 0.15) is 18.4 Å². The Labute approximate surface area is 196 Å². The van der Waals surface area contributed by atoms with Gasteiger partial charge in [-0.1, -0.05) is 34.9 Å². The molecule has 0 N–H and O–H groups in total. The molecule has 1 saturated heterocycles. The van der Waals surface area contributed by atoms with Crippen molar-refractivity contribution in [3.8, 4) is 12.3 Å². The van der Waals surface area contributed by atoms with Gasteiger partial charge in [0.15, 0.2) is 4.80 Å². The van der Waals surface area contributed by atoms with Crippen molar-refractivity contribution in [1.82, 2.24) is 8.87 Å². The first-order valence-electron chi connectivity index (χ1n) is 10.2. The van der Waals surface area contributed by atoms with Crippen LogP contribution in [0.5, 0.6) is 0 Å². The first-order valence-corrected chi connectivity index (χ1v) is 12.8. The number of piperidine rings is 1. The van der Waals surface area contributed by atoms with E-state index in [1.165, 1.54) is 27.8 Å². The number of carbonyl (C=O) groups is 1. The van der Waals surface area contributed by atoms with E-state index < -0.39 is 10.0 Å². The number of nitrogens with zero attached hydrogens (tertiary/aromatic N) is 3. The third-order valence-electron chi connectivity index (χ3n) is 5.55. The average molecular weight is 488 g/mol. The van der Waals surface area contributed by atoms with Gasteiger partial charge < -0.3 is 4.57 Å². The molecule has 3 aromatic rings. The molecule has 4 rings (SSSR count). The number of terminal acetylenes is 1. The number of rotatable bonds is 4. The summed E-state index contributed by atoms with van der Waals surface area (Å²) in [6, 6.07) is 12.2. The predicted octanol–water partition coefficient (Wildman–Crippen LogP) is 3.83. The van der Waals surface area contributed by atoms with Gasteiger partial charge in [-0.25, -0.2) is 8.42 Å². The van der Waals surface area contributed by atoms with E-state index in [2.05, 4.69) is 17.0 Å². The lowest BCUT2D eigenvalue weighted by molar-refractivity contribution is -0.122. The SMILES string of the molecule is C#CCn1c(=NC(=O)C2CCN(S(=O)(=O)c3ccc(Cl)cc3)CC2)sc2cc(C)ccc21. The summed E-state index contributed by atoms with van der Waals surface area (Å²) in [5.41, 5.74) is 2.08. The van der Waals surface area contributed by atoms with Crippen LogP contribution < -0.4 is 4.80 Å². The van der Waals surface area contributed by atoms with Gasteiger partial charge in [-0.05, 0) is 61.7 Å². The largest absolute Gasteiger partial charge is 0.305 e. The molecule has 1 aromatic heterocycles. The van der Waals surface area contributed by atoms with Crippen LogP contribution in [0.4, 0.5) is 0 Å². The van der Waals surface area contributed by atoms with Crippen molar-refractivity contribution in [2.75, 3.05) is 13.1 Å². The third kappa shape index (κ3) is 4.52. The average Bonchev–Trinajstić information content (AvgIpc) is 3.10. The molecule has 2 aromatic carbocycles. The highest BCUT2D eigenvalue weighted by Gasteiger charge is 2.32. The number of carbonyl (C=O) groups excluding carboxylic acids is 1. The van der Waals surface area contributed by atoms with E-state index in [0.29, 0.717) is 29.2 Å². The van der Waals surface area contributed by atoms with E-state index in [1.807, 2.05) is 23.6 Å². The van der Waals surface area contributed by atoms with Crippen molar-refractivity contribution < 1.29 is 13.2 Å². The molecule has 2 heterocycles. The topological polar surface area (TPSA) is 71.7 Å². The number of thiazole rings is 1. The second-order valence-electron chi connectivity index (χ2n) is 7.73. The molecule has 1 fully saturated rings. The summed E-state index contributed by atoms with van der Waals surface area (Å²) < 4.78 is 30.0. The number of benzene rings is 2. The van der Waals surface area contributed by atoms with E-state index in [9.17, 15) is 13.2 Å². The number of fused-ring (bicyclic) bond motifs is 1. The monoisotopic (exact) mass is 487 g/mol. The molecule has 0 saturated carbocycles. The summed E-state index contributed by atoms with van der Waals surface area (Å²) in [4.78, 5) is 18.1. The van der Waals surface area contributed by atoms with Crippen LogP contribution in [0.2, 0.25) is 5.02 Å². The van der Waals surface area contributed by atoms with Gasteiger partial charge in [-0.3, -0.25) is 4.79 Å². The molecule has 0 spiro atoms. The van der Waals surface area contributed by atoms with Crippen molar-refractivity contribution in [3.05, 3.63) is 57.9 Å². The van der Waals surface area contributed by atoms with Crippen LogP contribution in [0.3, 0.4) is 0 Å². The number of aromatic nitrogens is 1. The minimum absolute atomic E-state index is 0.201. The molecule has 1 aliphatic rings. The van der Waals surface area contributed by atoms with Crippen LogP contribution in [0.15, 0.2) is 52.4 Å². The molecule has 0 atom stereocenters. The van der Waals surface area contributed by atoms with Crippen molar-refractivity contribution in [2.24, 2.45) is 10.9 Å². The number of hydrogen-bond acceptors (Lipinski definition) is 4. The van der Waals surface area contributed by atoms with E-state index in [-0.39, 0.29) is 29.8 Å². The smallest absolute Gasteiger partial charge is 0.251 e. The minimum atomic E-state index is -3.61. The Kier molecular flexibility index (Phi) is 6.54. The van der Waals surface area contributed by atoms with Crippen LogP contribution in [0, 0.1) is 25.2 Å². The quantitative estimate of drug-likeness (QED) is 0.525. The number of aryl methyl sites for hydroxylation is 1. The zero-order chi connectivity index (χ0) is 22.9. The highest BCUT2D eigenvalue weighted by atomic mass is 35.5. The number of amides is 1. The highest BCUT2D eigenvalue weighted by Crippen LogP contribution is 2.26. The Morgan fingerprint density at radius 2 is 1.91 bits per heavy atom. The molecule has 6 nitrogen and oxygen atoms in total. The Balaban J connectivity index is 1.53. The second kappa shape index (κ2) is 9.20. The molecule has 32 heavy (non-hydrogen) atoms. The van der Waals surface area contributed by atoms with Gasteiger partial charge in [0.25, 0.3) is 5.91 Å². The molecule has 0 aliphatic carbocycles. The maximum absolute atomic E-state index is 12.9. The van der Waals surface area contributed by atoms with Crippen LogP contribution >= 0.6 is 22.9 Å². The molecule has 1 aliphatic heterocycles. The lowest BCUT2D eigenvalue weighted by Crippen LogP contribution is -2.40. The van der Waals surface area contributed by atoms with Crippen molar-refractivity contribution >= 4 is 49.1 Å². The number of halogens is 1. The summed E-state index contributed by atoms with van der Waals surface area (Å²) in [5.74, 6) is 2.07. The molecular formula is C23H22ClN3O3S2. The fourth-order valence-electron chi connectivity index (χ4n) is 3.79. The Morgan fingerprint density at radius 1 is 1.22 bits per heavy atom. The Hall–Kier alpha value is -2.44. The first kappa shape index (κ1) is 22.7. The predicted molar refractivity (Wildman–Crippen MR) is 127 cm³/mol. The first-order chi connectivity index (χ1) is 15.3. The molecule has 0 radical (unpaired) electrons. The van der Waals surface area contributed by atoms with Gasteiger partial charge in [0.1, 0.15) is 0 Å². The molecule has 0 unspecified atom stereocenters. The molecule has 9 heteroatoms. The van der Waals surface area contributed by atoms with Crippen LogP contribution in [-0.2, 0) is 21.4 Å². The van der Waals surface area contributed by atoms with Crippen molar-refractivity contribution in [2.45, 2.75) is 31.2 Å². The van der Waals surface area contributed by atoms with E-state index >= 15 is 0 Å². The van der Waals surface area contributed by atoms with E-state index in [0.717, 1.165) is 15.8 Å². The summed E-state index contributed by atoms with van der Waals surface area (Å²) in [5, 5.41) is 0.480. The fourth-order valence-corrected chi connectivity index (χ4v) is 6.52. The third-order valence-corrected chi connectivity index (χ3v) is 8.75. The van der Waals surface area contributed by atoms with Gasteiger partial charge >= 0.3 is 0 Å². The van der Waals surface area contributed by atoms with Gasteiger partial charge in [0.2, 0.25) is 10.0 Å². The number of sulfonamides is 1. The standard InChI is InChI=1S/C23H22ClN3O3S2/c1-3-12-27-20-9-4-16(2)15-21(20)31-23(27)25-22(28)17-10-13-26(14-11-17)32(29,30)19-7-5-18(24)6-8-19/h1,4-9,15,17H,10-14H2,2H3. The van der Waals surface area contributed by atoms with Crippen molar-refractivity contribution in [1.29, 1.82) is 0 Å². The zero-order valence-electron chi connectivity index (χ0n) is 17.5. The van der Waals surface area contributed by atoms with Crippen LogP contribution in [-0.4, -0.2) is 36.3 Å². The molecule has 166 valence electrons. The van der Waals surface area contributed by atoms with Gasteiger partial charge in [0.05, 0.1) is 21.7 Å². The fraction of sp³-hybridized carbons (Fsp3) is 0.304. The lowest BCUT2D eigenvalue weighted by Gasteiger charge is -2.29. The van der Waals surface area contributed by atoms with Crippen molar-refractivity contribution in [3.63, 3.8) is 0 Å². The second-order valence-corrected chi connectivity index (χ2v) is 11.1. The number of hydrogen-bond donors (Lipinski definition) is 0. The van der Waals surface area contributed by atoms with E-state index in [1.54, 1.807) is 12.1 Å².